The minimum Gasteiger partial charge on any atom is -0.492 e. The van der Waals surface area contributed by atoms with E-state index in [1.54, 1.807) is 43.3 Å². The van der Waals surface area contributed by atoms with Gasteiger partial charge in [-0.2, -0.15) is 5.26 Å². The number of carbonyl (C=O) groups is 2. The Labute approximate surface area is 154 Å². The highest BCUT2D eigenvalue weighted by atomic mass is 16.5. The van der Waals surface area contributed by atoms with Gasteiger partial charge in [0, 0.05) is 33.6 Å². The molecule has 0 spiro atoms. The van der Waals surface area contributed by atoms with Crippen molar-refractivity contribution in [2.75, 3.05) is 40.3 Å². The molecule has 0 unspecified atom stereocenters. The zero-order valence-corrected chi connectivity index (χ0v) is 15.4. The third kappa shape index (κ3) is 5.96. The number of nitrogens with zero attached hydrogens (tertiary/aromatic N) is 3. The summed E-state index contributed by atoms with van der Waals surface area (Å²) in [5.41, 5.74) is 0.547. The molecule has 1 N–H and O–H groups in total. The zero-order chi connectivity index (χ0) is 18.9. The van der Waals surface area contributed by atoms with Gasteiger partial charge in [0.2, 0.25) is 5.91 Å². The summed E-state index contributed by atoms with van der Waals surface area (Å²) in [5, 5.41) is 11.7. The fourth-order valence-corrected chi connectivity index (χ4v) is 2.96. The number of rotatable bonds is 6. The van der Waals surface area contributed by atoms with Gasteiger partial charge in [-0.3, -0.25) is 4.79 Å². The molecule has 7 heteroatoms. The zero-order valence-electron chi connectivity index (χ0n) is 15.4. The summed E-state index contributed by atoms with van der Waals surface area (Å²) in [6.45, 7) is 2.19. The molecule has 0 aliphatic carbocycles. The molecule has 0 bridgehead atoms. The topological polar surface area (TPSA) is 85.7 Å². The van der Waals surface area contributed by atoms with Crippen molar-refractivity contribution in [2.24, 2.45) is 5.92 Å². The van der Waals surface area contributed by atoms with Gasteiger partial charge in [-0.05, 0) is 37.0 Å². The highest BCUT2D eigenvalue weighted by molar-refractivity contribution is 5.76. The highest BCUT2D eigenvalue weighted by Crippen LogP contribution is 2.21. The highest BCUT2D eigenvalue weighted by Gasteiger charge is 2.25. The smallest absolute Gasteiger partial charge is 0.319 e. The summed E-state index contributed by atoms with van der Waals surface area (Å²) in [5.74, 6) is 0.947. The van der Waals surface area contributed by atoms with E-state index >= 15 is 0 Å². The number of benzene rings is 1. The summed E-state index contributed by atoms with van der Waals surface area (Å²) < 4.78 is 5.54. The van der Waals surface area contributed by atoms with Crippen LogP contribution in [0.1, 0.15) is 24.8 Å². The molecule has 7 nitrogen and oxygen atoms in total. The number of carbonyl (C=O) groups excluding carboxylic acids is 2. The van der Waals surface area contributed by atoms with E-state index in [0.717, 1.165) is 12.8 Å². The standard InChI is InChI=1S/C19H26N4O3/c1-22(2)19(25)23-9-6-15(7-10-23)13-18(24)21-8-11-26-17-5-3-4-16(12-17)14-20/h3-5,12,15H,6-11,13H2,1-2H3,(H,21,24). The van der Waals surface area contributed by atoms with Gasteiger partial charge in [0.1, 0.15) is 12.4 Å². The molecule has 1 aromatic rings. The molecule has 1 saturated heterocycles. The van der Waals surface area contributed by atoms with Crippen LogP contribution in [0.3, 0.4) is 0 Å². The molecule has 0 aromatic heterocycles. The van der Waals surface area contributed by atoms with E-state index in [-0.39, 0.29) is 11.9 Å². The monoisotopic (exact) mass is 358 g/mol. The number of ether oxygens (including phenoxy) is 1. The van der Waals surface area contributed by atoms with Crippen molar-refractivity contribution in [1.29, 1.82) is 5.26 Å². The lowest BCUT2D eigenvalue weighted by Crippen LogP contribution is -2.44. The number of nitriles is 1. The van der Waals surface area contributed by atoms with Crippen LogP contribution in [-0.2, 0) is 4.79 Å². The van der Waals surface area contributed by atoms with Crippen molar-refractivity contribution in [1.82, 2.24) is 15.1 Å². The molecule has 140 valence electrons. The predicted molar refractivity (Wildman–Crippen MR) is 97.7 cm³/mol. The summed E-state index contributed by atoms with van der Waals surface area (Å²) in [4.78, 5) is 27.4. The number of hydrogen-bond donors (Lipinski definition) is 1. The van der Waals surface area contributed by atoms with E-state index in [2.05, 4.69) is 11.4 Å². The molecular formula is C19H26N4O3. The SMILES string of the molecule is CN(C)C(=O)N1CCC(CC(=O)NCCOc2cccc(C#N)c2)CC1. The Bertz CT molecular complexity index is 661. The summed E-state index contributed by atoms with van der Waals surface area (Å²) >= 11 is 0. The number of nitrogens with one attached hydrogen (secondary N) is 1. The Kier molecular flexibility index (Phi) is 7.27. The van der Waals surface area contributed by atoms with Gasteiger partial charge < -0.3 is 19.9 Å². The van der Waals surface area contributed by atoms with Crippen LogP contribution in [0.5, 0.6) is 5.75 Å². The Balaban J connectivity index is 1.62. The summed E-state index contributed by atoms with van der Waals surface area (Å²) in [6, 6.07) is 9.03. The molecule has 0 atom stereocenters. The van der Waals surface area contributed by atoms with E-state index in [1.165, 1.54) is 0 Å². The van der Waals surface area contributed by atoms with Crippen LogP contribution in [0.15, 0.2) is 24.3 Å². The Hall–Kier alpha value is -2.75. The maximum Gasteiger partial charge on any atom is 0.319 e. The molecule has 0 saturated carbocycles. The lowest BCUT2D eigenvalue weighted by atomic mass is 9.93. The second kappa shape index (κ2) is 9.66. The van der Waals surface area contributed by atoms with E-state index in [4.69, 9.17) is 10.00 Å². The minimum absolute atomic E-state index is 0.0109. The number of hydrogen-bond acceptors (Lipinski definition) is 4. The average Bonchev–Trinajstić information content (AvgIpc) is 2.65. The Morgan fingerprint density at radius 1 is 1.35 bits per heavy atom. The quantitative estimate of drug-likeness (QED) is 0.786. The molecular weight excluding hydrogens is 332 g/mol. The Morgan fingerprint density at radius 3 is 2.73 bits per heavy atom. The predicted octanol–water partition coefficient (Wildman–Crippen LogP) is 1.84. The molecule has 3 amide bonds. The molecule has 1 heterocycles. The first-order chi connectivity index (χ1) is 12.5. The van der Waals surface area contributed by atoms with Crippen molar-refractivity contribution in [3.63, 3.8) is 0 Å². The van der Waals surface area contributed by atoms with Gasteiger partial charge in [0.05, 0.1) is 18.2 Å². The van der Waals surface area contributed by atoms with Crippen LogP contribution in [-0.4, -0.2) is 62.1 Å². The van der Waals surface area contributed by atoms with Crippen LogP contribution in [0, 0.1) is 17.2 Å². The van der Waals surface area contributed by atoms with Crippen LogP contribution in [0.4, 0.5) is 4.79 Å². The van der Waals surface area contributed by atoms with Gasteiger partial charge >= 0.3 is 6.03 Å². The Morgan fingerprint density at radius 2 is 2.08 bits per heavy atom. The van der Waals surface area contributed by atoms with E-state index in [1.807, 2.05) is 4.90 Å². The van der Waals surface area contributed by atoms with E-state index in [9.17, 15) is 9.59 Å². The molecule has 1 aliphatic heterocycles. The number of piperidine rings is 1. The van der Waals surface area contributed by atoms with Crippen molar-refractivity contribution >= 4 is 11.9 Å². The molecule has 26 heavy (non-hydrogen) atoms. The molecule has 1 aliphatic rings. The average molecular weight is 358 g/mol. The van der Waals surface area contributed by atoms with Crippen LogP contribution in [0.2, 0.25) is 0 Å². The van der Waals surface area contributed by atoms with E-state index < -0.39 is 0 Å². The van der Waals surface area contributed by atoms with Gasteiger partial charge in [-0.1, -0.05) is 6.07 Å². The summed E-state index contributed by atoms with van der Waals surface area (Å²) in [6.07, 6.45) is 2.18. The third-order valence-corrected chi connectivity index (χ3v) is 4.40. The molecule has 2 rings (SSSR count). The van der Waals surface area contributed by atoms with Crippen molar-refractivity contribution in [3.05, 3.63) is 29.8 Å². The lowest BCUT2D eigenvalue weighted by molar-refractivity contribution is -0.122. The normalized spacial score (nSPS) is 14.4. The van der Waals surface area contributed by atoms with Gasteiger partial charge in [-0.15, -0.1) is 0 Å². The van der Waals surface area contributed by atoms with E-state index in [0.29, 0.717) is 49.9 Å². The number of amides is 3. The molecule has 1 aromatic carbocycles. The van der Waals surface area contributed by atoms with Crippen LogP contribution in [0.25, 0.3) is 0 Å². The third-order valence-electron chi connectivity index (χ3n) is 4.40. The van der Waals surface area contributed by atoms with Gasteiger partial charge in [0.25, 0.3) is 0 Å². The number of likely N-dealkylation sites (tertiary alicyclic amines) is 1. The van der Waals surface area contributed by atoms with Crippen molar-refractivity contribution in [2.45, 2.75) is 19.3 Å². The second-order valence-electron chi connectivity index (χ2n) is 6.65. The fraction of sp³-hybridized carbons (Fsp3) is 0.526. The second-order valence-corrected chi connectivity index (χ2v) is 6.65. The first-order valence-electron chi connectivity index (χ1n) is 8.85. The maximum absolute atomic E-state index is 12.0. The first-order valence-corrected chi connectivity index (χ1v) is 8.85. The molecule has 1 fully saturated rings. The maximum atomic E-state index is 12.0. The lowest BCUT2D eigenvalue weighted by Gasteiger charge is -2.33. The molecule has 0 radical (unpaired) electrons. The van der Waals surface area contributed by atoms with Crippen molar-refractivity contribution < 1.29 is 14.3 Å². The van der Waals surface area contributed by atoms with Gasteiger partial charge in [0.15, 0.2) is 0 Å². The minimum atomic E-state index is 0.0109. The fourth-order valence-electron chi connectivity index (χ4n) is 2.96. The van der Waals surface area contributed by atoms with Gasteiger partial charge in [-0.25, -0.2) is 4.79 Å². The summed E-state index contributed by atoms with van der Waals surface area (Å²) in [7, 11) is 3.50. The first kappa shape index (κ1) is 19.6. The van der Waals surface area contributed by atoms with Crippen LogP contribution < -0.4 is 10.1 Å². The van der Waals surface area contributed by atoms with Crippen molar-refractivity contribution in [3.8, 4) is 11.8 Å². The number of urea groups is 1. The van der Waals surface area contributed by atoms with Crippen LogP contribution >= 0.6 is 0 Å². The largest absolute Gasteiger partial charge is 0.492 e.